The lowest BCUT2D eigenvalue weighted by Gasteiger charge is -2.18. The summed E-state index contributed by atoms with van der Waals surface area (Å²) in [6.07, 6.45) is 3.99. The van der Waals surface area contributed by atoms with Crippen LogP contribution in [-0.2, 0) is 12.1 Å². The van der Waals surface area contributed by atoms with Gasteiger partial charge < -0.3 is 5.32 Å². The number of nitrogens with one attached hydrogen (secondary N) is 1. The van der Waals surface area contributed by atoms with Gasteiger partial charge in [0.25, 0.3) is 0 Å². The van der Waals surface area contributed by atoms with E-state index in [0.717, 1.165) is 21.2 Å². The summed E-state index contributed by atoms with van der Waals surface area (Å²) >= 11 is 6.99. The molecule has 0 bridgehead atoms. The van der Waals surface area contributed by atoms with Crippen LogP contribution in [-0.4, -0.2) is 9.78 Å². The number of halogens is 2. The molecule has 1 N–H and O–H groups in total. The Bertz CT molecular complexity index is 570. The van der Waals surface area contributed by atoms with E-state index in [4.69, 9.17) is 0 Å². The van der Waals surface area contributed by atoms with Gasteiger partial charge in [0, 0.05) is 32.9 Å². The summed E-state index contributed by atoms with van der Waals surface area (Å²) in [5.74, 6) is 0. The molecule has 0 amide bonds. The van der Waals surface area contributed by atoms with E-state index in [2.05, 4.69) is 69.2 Å². The summed E-state index contributed by atoms with van der Waals surface area (Å²) in [7, 11) is 0. The minimum Gasteiger partial charge on any atom is -0.380 e. The van der Waals surface area contributed by atoms with Gasteiger partial charge in [-0.15, -0.1) is 0 Å². The smallest absolute Gasteiger partial charge is 0.0543 e. The molecule has 1 aromatic carbocycles. The van der Waals surface area contributed by atoms with Crippen molar-refractivity contribution in [1.29, 1.82) is 0 Å². The van der Waals surface area contributed by atoms with Crippen molar-refractivity contribution in [3.8, 4) is 0 Å². The molecule has 0 aliphatic carbocycles. The summed E-state index contributed by atoms with van der Waals surface area (Å²) in [6, 6.07) is 6.09. The Labute approximate surface area is 130 Å². The van der Waals surface area contributed by atoms with Crippen LogP contribution in [0.5, 0.6) is 0 Å². The van der Waals surface area contributed by atoms with Crippen LogP contribution in [0.15, 0.2) is 39.5 Å². The Morgan fingerprint density at radius 3 is 2.58 bits per heavy atom. The summed E-state index contributed by atoms with van der Waals surface area (Å²) in [5.41, 5.74) is 2.27. The quantitative estimate of drug-likeness (QED) is 0.822. The fraction of sp³-hybridized carbons (Fsp3) is 0.357. The topological polar surface area (TPSA) is 29.9 Å². The van der Waals surface area contributed by atoms with Crippen molar-refractivity contribution in [2.45, 2.75) is 32.9 Å². The van der Waals surface area contributed by atoms with Crippen LogP contribution in [0.4, 0.5) is 5.69 Å². The number of anilines is 1. The van der Waals surface area contributed by atoms with Gasteiger partial charge >= 0.3 is 0 Å². The van der Waals surface area contributed by atoms with Crippen LogP contribution in [0.1, 0.15) is 26.3 Å². The first-order valence-corrected chi connectivity index (χ1v) is 7.68. The summed E-state index contributed by atoms with van der Waals surface area (Å²) in [4.78, 5) is 0. The van der Waals surface area contributed by atoms with Crippen molar-refractivity contribution in [2.75, 3.05) is 5.32 Å². The van der Waals surface area contributed by atoms with Crippen molar-refractivity contribution in [3.63, 3.8) is 0 Å². The van der Waals surface area contributed by atoms with Gasteiger partial charge in [-0.3, -0.25) is 4.68 Å². The molecule has 2 aromatic rings. The first kappa shape index (κ1) is 14.6. The Kier molecular flexibility index (Phi) is 4.36. The van der Waals surface area contributed by atoms with Gasteiger partial charge in [-0.2, -0.15) is 5.10 Å². The number of hydrogen-bond donors (Lipinski definition) is 1. The summed E-state index contributed by atoms with van der Waals surface area (Å²) in [6.45, 7) is 7.18. The summed E-state index contributed by atoms with van der Waals surface area (Å²) in [5, 5.41) is 7.79. The highest BCUT2D eigenvalue weighted by Crippen LogP contribution is 2.26. The number of benzene rings is 1. The molecular formula is C14H17Br2N3. The molecule has 0 spiro atoms. The average molecular weight is 387 g/mol. The predicted octanol–water partition coefficient (Wildman–Crippen LogP) is 4.78. The Morgan fingerprint density at radius 2 is 2.00 bits per heavy atom. The highest BCUT2D eigenvalue weighted by atomic mass is 79.9. The minimum absolute atomic E-state index is 0.0243. The molecule has 0 unspecified atom stereocenters. The van der Waals surface area contributed by atoms with E-state index in [0.29, 0.717) is 0 Å². The number of nitrogens with zero attached hydrogens (tertiary/aromatic N) is 2. The van der Waals surface area contributed by atoms with E-state index < -0.39 is 0 Å². The van der Waals surface area contributed by atoms with E-state index in [-0.39, 0.29) is 5.54 Å². The van der Waals surface area contributed by atoms with E-state index in [1.54, 1.807) is 0 Å². The van der Waals surface area contributed by atoms with Gasteiger partial charge in [0.1, 0.15) is 0 Å². The zero-order valence-electron chi connectivity index (χ0n) is 11.2. The predicted molar refractivity (Wildman–Crippen MR) is 86.4 cm³/mol. The molecule has 102 valence electrons. The van der Waals surface area contributed by atoms with Crippen LogP contribution in [0.3, 0.4) is 0 Å². The van der Waals surface area contributed by atoms with Crippen molar-refractivity contribution < 1.29 is 0 Å². The largest absolute Gasteiger partial charge is 0.380 e. The highest BCUT2D eigenvalue weighted by Gasteiger charge is 2.13. The second-order valence-electron chi connectivity index (χ2n) is 5.44. The second-order valence-corrected chi connectivity index (χ2v) is 7.21. The fourth-order valence-electron chi connectivity index (χ4n) is 1.65. The standard InChI is InChI=1S/C14H17Br2N3/c1-14(2,3)19-9-10(8-18-19)7-17-13-5-4-11(15)6-12(13)16/h4-6,8-9,17H,7H2,1-3H3. The molecule has 0 saturated carbocycles. The minimum atomic E-state index is 0.0243. The monoisotopic (exact) mass is 385 g/mol. The molecule has 0 aliphatic rings. The van der Waals surface area contributed by atoms with E-state index >= 15 is 0 Å². The molecular weight excluding hydrogens is 370 g/mol. The zero-order valence-corrected chi connectivity index (χ0v) is 14.4. The fourth-order valence-corrected chi connectivity index (χ4v) is 2.84. The molecule has 2 rings (SSSR count). The molecule has 0 aliphatic heterocycles. The van der Waals surface area contributed by atoms with E-state index in [1.807, 2.05) is 29.1 Å². The highest BCUT2D eigenvalue weighted by molar-refractivity contribution is 9.11. The molecule has 3 nitrogen and oxygen atoms in total. The molecule has 0 fully saturated rings. The number of aromatic nitrogens is 2. The van der Waals surface area contributed by atoms with Crippen LogP contribution in [0.25, 0.3) is 0 Å². The van der Waals surface area contributed by atoms with Gasteiger partial charge in [0.15, 0.2) is 0 Å². The van der Waals surface area contributed by atoms with E-state index in [1.165, 1.54) is 5.56 Å². The number of hydrogen-bond acceptors (Lipinski definition) is 2. The van der Waals surface area contributed by atoms with Crippen molar-refractivity contribution in [1.82, 2.24) is 9.78 Å². The lowest BCUT2D eigenvalue weighted by atomic mass is 10.1. The third-order valence-corrected chi connectivity index (χ3v) is 3.89. The SMILES string of the molecule is CC(C)(C)n1cc(CNc2ccc(Br)cc2Br)cn1. The van der Waals surface area contributed by atoms with Crippen LogP contribution < -0.4 is 5.32 Å². The molecule has 0 atom stereocenters. The van der Waals surface area contributed by atoms with Gasteiger partial charge in [-0.05, 0) is 54.9 Å². The van der Waals surface area contributed by atoms with Crippen LogP contribution in [0, 0.1) is 0 Å². The third kappa shape index (κ3) is 3.83. The molecule has 0 radical (unpaired) electrons. The lowest BCUT2D eigenvalue weighted by molar-refractivity contribution is 0.355. The maximum atomic E-state index is 4.39. The van der Waals surface area contributed by atoms with Crippen LogP contribution in [0.2, 0.25) is 0 Å². The zero-order chi connectivity index (χ0) is 14.0. The normalized spacial score (nSPS) is 11.6. The lowest BCUT2D eigenvalue weighted by Crippen LogP contribution is -2.21. The Balaban J connectivity index is 2.04. The molecule has 1 heterocycles. The first-order chi connectivity index (χ1) is 8.86. The maximum absolute atomic E-state index is 4.39. The summed E-state index contributed by atoms with van der Waals surface area (Å²) < 4.78 is 4.09. The average Bonchev–Trinajstić information content (AvgIpc) is 2.76. The van der Waals surface area contributed by atoms with Crippen molar-refractivity contribution in [2.24, 2.45) is 0 Å². The third-order valence-electron chi connectivity index (χ3n) is 2.74. The van der Waals surface area contributed by atoms with Crippen molar-refractivity contribution in [3.05, 3.63) is 45.1 Å². The Hall–Kier alpha value is -0.810. The van der Waals surface area contributed by atoms with Gasteiger partial charge in [-0.25, -0.2) is 0 Å². The van der Waals surface area contributed by atoms with Crippen LogP contribution >= 0.6 is 31.9 Å². The molecule has 5 heteroatoms. The Morgan fingerprint density at radius 1 is 1.26 bits per heavy atom. The van der Waals surface area contributed by atoms with Gasteiger partial charge in [0.05, 0.1) is 11.7 Å². The van der Waals surface area contributed by atoms with Gasteiger partial charge in [-0.1, -0.05) is 15.9 Å². The molecule has 19 heavy (non-hydrogen) atoms. The van der Waals surface area contributed by atoms with Gasteiger partial charge in [0.2, 0.25) is 0 Å². The van der Waals surface area contributed by atoms with Crippen molar-refractivity contribution >= 4 is 37.5 Å². The second kappa shape index (κ2) is 5.67. The maximum Gasteiger partial charge on any atom is 0.0543 e. The first-order valence-electron chi connectivity index (χ1n) is 6.09. The number of rotatable bonds is 3. The van der Waals surface area contributed by atoms with E-state index in [9.17, 15) is 0 Å². The molecule has 1 aromatic heterocycles. The molecule has 0 saturated heterocycles.